The van der Waals surface area contributed by atoms with Crippen molar-refractivity contribution in [1.29, 1.82) is 0 Å². The number of hydrogen-bond acceptors (Lipinski definition) is 5. The average Bonchev–Trinajstić information content (AvgIpc) is 2.38. The van der Waals surface area contributed by atoms with Gasteiger partial charge in [-0.25, -0.2) is 12.8 Å². The zero-order valence-electron chi connectivity index (χ0n) is 11.4. The molecule has 2 N–H and O–H groups in total. The summed E-state index contributed by atoms with van der Waals surface area (Å²) < 4.78 is 37.9. The van der Waals surface area contributed by atoms with Gasteiger partial charge in [-0.05, 0) is 30.7 Å². The second-order valence-electron chi connectivity index (χ2n) is 4.88. The Morgan fingerprint density at radius 1 is 1.50 bits per heavy atom. The molecule has 0 bridgehead atoms. The van der Waals surface area contributed by atoms with Crippen molar-refractivity contribution in [3.8, 4) is 0 Å². The summed E-state index contributed by atoms with van der Waals surface area (Å²) in [5.41, 5.74) is 6.65. The Labute approximate surface area is 123 Å². The van der Waals surface area contributed by atoms with Gasteiger partial charge in [-0.15, -0.1) is 0 Å². The SMILES string of the molecule is CS(=O)(=O)C1CSCCN1c1ccc(CCN)cc1F. The lowest BCUT2D eigenvalue weighted by Crippen LogP contribution is -2.47. The first-order valence-electron chi connectivity index (χ1n) is 6.45. The van der Waals surface area contributed by atoms with Crippen molar-refractivity contribution >= 4 is 27.3 Å². The molecule has 1 heterocycles. The Morgan fingerprint density at radius 3 is 2.85 bits per heavy atom. The molecule has 1 atom stereocenters. The molecule has 0 spiro atoms. The minimum atomic E-state index is -3.24. The molecule has 7 heteroatoms. The molecule has 1 aromatic carbocycles. The van der Waals surface area contributed by atoms with Crippen molar-refractivity contribution in [2.24, 2.45) is 5.73 Å². The van der Waals surface area contributed by atoms with E-state index in [0.29, 0.717) is 31.0 Å². The van der Waals surface area contributed by atoms with Gasteiger partial charge < -0.3 is 10.6 Å². The van der Waals surface area contributed by atoms with Crippen LogP contribution in [0.5, 0.6) is 0 Å². The van der Waals surface area contributed by atoms with Gasteiger partial charge in [-0.2, -0.15) is 11.8 Å². The van der Waals surface area contributed by atoms with E-state index in [-0.39, 0.29) is 5.82 Å². The average molecular weight is 318 g/mol. The van der Waals surface area contributed by atoms with Crippen molar-refractivity contribution in [3.05, 3.63) is 29.6 Å². The molecular weight excluding hydrogens is 299 g/mol. The maximum atomic E-state index is 14.2. The first-order chi connectivity index (χ1) is 9.43. The highest BCUT2D eigenvalue weighted by molar-refractivity contribution is 8.01. The lowest BCUT2D eigenvalue weighted by Gasteiger charge is -2.36. The van der Waals surface area contributed by atoms with Crippen LogP contribution in [0.1, 0.15) is 5.56 Å². The van der Waals surface area contributed by atoms with Crippen molar-refractivity contribution < 1.29 is 12.8 Å². The van der Waals surface area contributed by atoms with Crippen LogP contribution in [0.2, 0.25) is 0 Å². The molecule has 2 rings (SSSR count). The highest BCUT2D eigenvalue weighted by Crippen LogP contribution is 2.29. The van der Waals surface area contributed by atoms with Crippen molar-refractivity contribution in [2.75, 3.05) is 35.8 Å². The molecule has 0 aromatic heterocycles. The third-order valence-electron chi connectivity index (χ3n) is 3.33. The number of hydrogen-bond donors (Lipinski definition) is 1. The number of halogens is 1. The van der Waals surface area contributed by atoms with Crippen LogP contribution in [-0.2, 0) is 16.3 Å². The van der Waals surface area contributed by atoms with E-state index in [9.17, 15) is 12.8 Å². The molecule has 1 aliphatic heterocycles. The van der Waals surface area contributed by atoms with Gasteiger partial charge in [0.05, 0.1) is 5.69 Å². The van der Waals surface area contributed by atoms with E-state index >= 15 is 0 Å². The zero-order chi connectivity index (χ0) is 14.8. The maximum Gasteiger partial charge on any atom is 0.169 e. The number of thioether (sulfide) groups is 1. The molecule has 1 unspecified atom stereocenters. The third kappa shape index (κ3) is 3.45. The van der Waals surface area contributed by atoms with Crippen LogP contribution in [0, 0.1) is 5.82 Å². The van der Waals surface area contributed by atoms with Gasteiger partial charge in [0, 0.05) is 24.3 Å². The maximum absolute atomic E-state index is 14.2. The van der Waals surface area contributed by atoms with Crippen LogP contribution in [0.15, 0.2) is 18.2 Å². The Balaban J connectivity index is 2.33. The van der Waals surface area contributed by atoms with E-state index in [1.54, 1.807) is 22.7 Å². The first kappa shape index (κ1) is 15.6. The highest BCUT2D eigenvalue weighted by atomic mass is 32.2. The monoisotopic (exact) mass is 318 g/mol. The lowest BCUT2D eigenvalue weighted by atomic mass is 10.1. The van der Waals surface area contributed by atoms with Gasteiger partial charge in [-0.1, -0.05) is 6.07 Å². The van der Waals surface area contributed by atoms with Gasteiger partial charge in [0.1, 0.15) is 11.2 Å². The number of nitrogens with zero attached hydrogens (tertiary/aromatic N) is 1. The molecule has 1 fully saturated rings. The second-order valence-corrected chi connectivity index (χ2v) is 8.23. The minimum absolute atomic E-state index is 0.362. The number of benzene rings is 1. The third-order valence-corrected chi connectivity index (χ3v) is 5.98. The van der Waals surface area contributed by atoms with Gasteiger partial charge in [0.25, 0.3) is 0 Å². The van der Waals surface area contributed by atoms with Crippen LogP contribution in [0.25, 0.3) is 0 Å². The molecule has 0 amide bonds. The van der Waals surface area contributed by atoms with E-state index in [1.807, 2.05) is 6.07 Å². The summed E-state index contributed by atoms with van der Waals surface area (Å²) in [4.78, 5) is 1.66. The molecule has 1 aliphatic rings. The zero-order valence-corrected chi connectivity index (χ0v) is 13.0. The van der Waals surface area contributed by atoms with E-state index in [1.165, 1.54) is 12.3 Å². The van der Waals surface area contributed by atoms with Gasteiger partial charge in [0.15, 0.2) is 9.84 Å². The predicted octanol–water partition coefficient (Wildman–Crippen LogP) is 1.25. The molecule has 0 aliphatic carbocycles. The number of anilines is 1. The van der Waals surface area contributed by atoms with E-state index in [0.717, 1.165) is 11.3 Å². The van der Waals surface area contributed by atoms with Gasteiger partial charge >= 0.3 is 0 Å². The quantitative estimate of drug-likeness (QED) is 0.905. The van der Waals surface area contributed by atoms with E-state index in [4.69, 9.17) is 5.73 Å². The van der Waals surface area contributed by atoms with Crippen LogP contribution in [0.4, 0.5) is 10.1 Å². The summed E-state index contributed by atoms with van der Waals surface area (Å²) in [6.45, 7) is 1.00. The van der Waals surface area contributed by atoms with Crippen LogP contribution in [-0.4, -0.2) is 44.6 Å². The molecule has 0 saturated carbocycles. The van der Waals surface area contributed by atoms with Crippen LogP contribution in [0.3, 0.4) is 0 Å². The topological polar surface area (TPSA) is 63.4 Å². The summed E-state index contributed by atoms with van der Waals surface area (Å²) in [5, 5.41) is -0.656. The second kappa shape index (κ2) is 6.32. The summed E-state index contributed by atoms with van der Waals surface area (Å²) >= 11 is 1.59. The van der Waals surface area contributed by atoms with Gasteiger partial charge in [0.2, 0.25) is 0 Å². The minimum Gasteiger partial charge on any atom is -0.351 e. The number of sulfone groups is 1. The van der Waals surface area contributed by atoms with Crippen molar-refractivity contribution in [2.45, 2.75) is 11.8 Å². The Hall–Kier alpha value is -0.790. The fraction of sp³-hybridized carbons (Fsp3) is 0.538. The fourth-order valence-electron chi connectivity index (χ4n) is 2.32. The molecule has 4 nitrogen and oxygen atoms in total. The molecule has 1 saturated heterocycles. The summed E-state index contributed by atoms with van der Waals surface area (Å²) in [6.07, 6.45) is 1.82. The molecule has 20 heavy (non-hydrogen) atoms. The predicted molar refractivity (Wildman–Crippen MR) is 82.5 cm³/mol. The van der Waals surface area contributed by atoms with E-state index in [2.05, 4.69) is 0 Å². The summed E-state index contributed by atoms with van der Waals surface area (Å²) in [7, 11) is -3.24. The Bertz CT molecular complexity index is 578. The normalized spacial score (nSPS) is 20.1. The summed E-state index contributed by atoms with van der Waals surface area (Å²) in [5.74, 6) is 0.898. The lowest BCUT2D eigenvalue weighted by molar-refractivity contribution is 0.578. The first-order valence-corrected chi connectivity index (χ1v) is 9.56. The fourth-order valence-corrected chi connectivity index (χ4v) is 5.15. The number of rotatable bonds is 4. The largest absolute Gasteiger partial charge is 0.351 e. The van der Waals surface area contributed by atoms with E-state index < -0.39 is 15.2 Å². The number of nitrogens with two attached hydrogens (primary N) is 1. The van der Waals surface area contributed by atoms with Crippen LogP contribution < -0.4 is 10.6 Å². The summed E-state index contributed by atoms with van der Waals surface area (Å²) in [6, 6.07) is 4.92. The van der Waals surface area contributed by atoms with Crippen molar-refractivity contribution in [1.82, 2.24) is 0 Å². The highest BCUT2D eigenvalue weighted by Gasteiger charge is 2.32. The Kier molecular flexibility index (Phi) is 4.93. The molecule has 0 radical (unpaired) electrons. The van der Waals surface area contributed by atoms with Crippen molar-refractivity contribution in [3.63, 3.8) is 0 Å². The van der Waals surface area contributed by atoms with Gasteiger partial charge in [-0.3, -0.25) is 0 Å². The molecule has 1 aromatic rings. The van der Waals surface area contributed by atoms with Crippen LogP contribution >= 0.6 is 11.8 Å². The Morgan fingerprint density at radius 2 is 2.25 bits per heavy atom. The smallest absolute Gasteiger partial charge is 0.169 e. The standard InChI is InChI=1S/C13H19FN2O2S2/c1-20(17,18)13-9-19-7-6-16(13)12-3-2-10(4-5-15)8-11(12)14/h2-3,8,13H,4-7,9,15H2,1H3. The molecular formula is C13H19FN2O2S2. The molecule has 112 valence electrons.